The van der Waals surface area contributed by atoms with Crippen LogP contribution in [0.1, 0.15) is 29.5 Å². The maximum atomic E-state index is 5.22. The van der Waals surface area contributed by atoms with E-state index in [1.165, 1.54) is 11.1 Å². The predicted octanol–water partition coefficient (Wildman–Crippen LogP) is 10.6. The van der Waals surface area contributed by atoms with Crippen LogP contribution in [-0.2, 0) is 0 Å². The van der Waals surface area contributed by atoms with Gasteiger partial charge in [0.2, 0.25) is 0 Å². The van der Waals surface area contributed by atoms with Crippen LogP contribution in [0.25, 0.3) is 50.0 Å². The molecule has 1 unspecified atom stereocenters. The zero-order chi connectivity index (χ0) is 31.0. The van der Waals surface area contributed by atoms with Gasteiger partial charge in [-0.25, -0.2) is 9.97 Å². The van der Waals surface area contributed by atoms with Crippen molar-refractivity contribution in [3.05, 3.63) is 168 Å². The first-order valence-corrected chi connectivity index (χ1v) is 15.7. The number of para-hydroxylation sites is 1. The third-order valence-electron chi connectivity index (χ3n) is 8.90. The SMILES string of the molecule is Cc1ccccc1/N=C(/c1ccc(-c2ccc(-c3nc4c(nc5ccccn54)c4ccccc34)cc2)cc1)C(C)c1ccccc1. The number of aryl methyl sites for hydroxylation is 1. The molecule has 0 saturated heterocycles. The van der Waals surface area contributed by atoms with Crippen molar-refractivity contribution in [1.29, 1.82) is 0 Å². The number of pyridine rings is 2. The molecule has 0 aliphatic rings. The Hall–Kier alpha value is -5.87. The molecule has 0 bridgehead atoms. The third kappa shape index (κ3) is 4.94. The van der Waals surface area contributed by atoms with E-state index in [2.05, 4.69) is 146 Å². The smallest absolute Gasteiger partial charge is 0.165 e. The van der Waals surface area contributed by atoms with Crippen molar-refractivity contribution in [2.45, 2.75) is 19.8 Å². The van der Waals surface area contributed by atoms with E-state index in [4.69, 9.17) is 15.0 Å². The Labute approximate surface area is 268 Å². The van der Waals surface area contributed by atoms with Gasteiger partial charge in [-0.3, -0.25) is 9.39 Å². The monoisotopic (exact) mass is 592 g/mol. The normalized spacial score (nSPS) is 12.6. The number of rotatable bonds is 6. The predicted molar refractivity (Wildman–Crippen MR) is 191 cm³/mol. The third-order valence-corrected chi connectivity index (χ3v) is 8.90. The Kier molecular flexibility index (Phi) is 6.96. The lowest BCUT2D eigenvalue weighted by Gasteiger charge is -2.17. The topological polar surface area (TPSA) is 42.5 Å². The summed E-state index contributed by atoms with van der Waals surface area (Å²) in [6, 6.07) is 50.9. The minimum atomic E-state index is 0.138. The van der Waals surface area contributed by atoms with Crippen LogP contribution in [0.4, 0.5) is 5.69 Å². The summed E-state index contributed by atoms with van der Waals surface area (Å²) in [6.45, 7) is 4.35. The number of aliphatic imine (C=N–C) groups is 1. The first-order valence-electron chi connectivity index (χ1n) is 15.7. The Balaban J connectivity index is 1.15. The van der Waals surface area contributed by atoms with E-state index >= 15 is 0 Å². The van der Waals surface area contributed by atoms with Crippen LogP contribution in [0.5, 0.6) is 0 Å². The zero-order valence-electron chi connectivity index (χ0n) is 25.8. The van der Waals surface area contributed by atoms with Gasteiger partial charge in [0.05, 0.1) is 17.1 Å². The molecule has 0 saturated carbocycles. The highest BCUT2D eigenvalue weighted by Gasteiger charge is 2.17. The first kappa shape index (κ1) is 27.7. The zero-order valence-corrected chi connectivity index (χ0v) is 25.8. The number of nitrogens with zero attached hydrogens (tertiary/aromatic N) is 4. The lowest BCUT2D eigenvalue weighted by atomic mass is 9.90. The number of fused-ring (bicyclic) bond motifs is 5. The fourth-order valence-electron chi connectivity index (χ4n) is 6.34. The fraction of sp³-hybridized carbons (Fsp3) is 0.0714. The lowest BCUT2D eigenvalue weighted by Crippen LogP contribution is -2.11. The molecule has 3 aromatic heterocycles. The summed E-state index contributed by atoms with van der Waals surface area (Å²) in [5, 5.41) is 2.21. The molecule has 0 radical (unpaired) electrons. The molecule has 8 aromatic rings. The summed E-state index contributed by atoms with van der Waals surface area (Å²) < 4.78 is 2.07. The van der Waals surface area contributed by atoms with Gasteiger partial charge in [0.1, 0.15) is 11.2 Å². The molecule has 0 spiro atoms. The Bertz CT molecular complexity index is 2370. The first-order chi connectivity index (χ1) is 22.6. The number of aromatic nitrogens is 3. The lowest BCUT2D eigenvalue weighted by molar-refractivity contribution is 1.02. The van der Waals surface area contributed by atoms with E-state index in [1.807, 2.05) is 24.4 Å². The Morgan fingerprint density at radius 2 is 1.24 bits per heavy atom. The van der Waals surface area contributed by atoms with Gasteiger partial charge >= 0.3 is 0 Å². The molecular formula is C42H32N4. The number of imidazole rings is 1. The molecule has 0 fully saturated rings. The van der Waals surface area contributed by atoms with E-state index in [0.717, 1.165) is 66.9 Å². The molecule has 220 valence electrons. The fourth-order valence-corrected chi connectivity index (χ4v) is 6.34. The highest BCUT2D eigenvalue weighted by molar-refractivity contribution is 6.09. The van der Waals surface area contributed by atoms with E-state index in [9.17, 15) is 0 Å². The van der Waals surface area contributed by atoms with Crippen molar-refractivity contribution < 1.29 is 0 Å². The van der Waals surface area contributed by atoms with Crippen LogP contribution < -0.4 is 0 Å². The van der Waals surface area contributed by atoms with Crippen molar-refractivity contribution in [2.24, 2.45) is 4.99 Å². The molecule has 4 heteroatoms. The molecule has 0 aliphatic heterocycles. The van der Waals surface area contributed by atoms with Crippen molar-refractivity contribution >= 4 is 39.0 Å². The van der Waals surface area contributed by atoms with Crippen molar-refractivity contribution in [2.75, 3.05) is 0 Å². The van der Waals surface area contributed by atoms with E-state index in [0.29, 0.717) is 0 Å². The number of benzene rings is 5. The average Bonchev–Trinajstić information content (AvgIpc) is 3.50. The number of hydrogen-bond acceptors (Lipinski definition) is 3. The molecule has 0 aliphatic carbocycles. The molecule has 8 rings (SSSR count). The van der Waals surface area contributed by atoms with Gasteiger partial charge in [0, 0.05) is 28.5 Å². The molecule has 0 amide bonds. The number of hydrogen-bond donors (Lipinski definition) is 0. The van der Waals surface area contributed by atoms with E-state index in [-0.39, 0.29) is 5.92 Å². The van der Waals surface area contributed by atoms with Crippen LogP contribution in [0.15, 0.2) is 157 Å². The van der Waals surface area contributed by atoms with Gasteiger partial charge in [-0.2, -0.15) is 0 Å². The molecule has 1 atom stereocenters. The van der Waals surface area contributed by atoms with Gasteiger partial charge < -0.3 is 0 Å². The minimum Gasteiger partial charge on any atom is -0.284 e. The standard InChI is InChI=1S/C42H32N4/c1-28-12-6-9-17-37(28)43-39(29(2)30-13-4-3-5-14-30)33-23-19-31(20-24-33)32-21-25-34(26-22-32)40-35-15-7-8-16-36(35)41-42(45-40)46-27-11-10-18-38(46)44-41/h3-27,29H,1-2H3/b43-39+. The summed E-state index contributed by atoms with van der Waals surface area (Å²) in [7, 11) is 0. The quantitative estimate of drug-likeness (QED) is 0.180. The minimum absolute atomic E-state index is 0.138. The average molecular weight is 593 g/mol. The summed E-state index contributed by atoms with van der Waals surface area (Å²) in [6.07, 6.45) is 2.03. The van der Waals surface area contributed by atoms with Gasteiger partial charge in [-0.05, 0) is 52.9 Å². The van der Waals surface area contributed by atoms with Crippen molar-refractivity contribution in [3.63, 3.8) is 0 Å². The molecule has 3 heterocycles. The summed E-state index contributed by atoms with van der Waals surface area (Å²) in [5.41, 5.74) is 12.6. The highest BCUT2D eigenvalue weighted by Crippen LogP contribution is 2.34. The molecule has 5 aromatic carbocycles. The molecular weight excluding hydrogens is 560 g/mol. The molecule has 46 heavy (non-hydrogen) atoms. The maximum Gasteiger partial charge on any atom is 0.165 e. The van der Waals surface area contributed by atoms with Gasteiger partial charge in [0.15, 0.2) is 5.65 Å². The van der Waals surface area contributed by atoms with Gasteiger partial charge in [0.25, 0.3) is 0 Å². The van der Waals surface area contributed by atoms with Gasteiger partial charge in [-0.1, -0.05) is 134 Å². The van der Waals surface area contributed by atoms with Crippen LogP contribution in [0.2, 0.25) is 0 Å². The van der Waals surface area contributed by atoms with E-state index < -0.39 is 0 Å². The van der Waals surface area contributed by atoms with E-state index in [1.54, 1.807) is 0 Å². The van der Waals surface area contributed by atoms with Crippen molar-refractivity contribution in [3.8, 4) is 22.4 Å². The van der Waals surface area contributed by atoms with Crippen LogP contribution in [-0.4, -0.2) is 20.1 Å². The largest absolute Gasteiger partial charge is 0.284 e. The Morgan fingerprint density at radius 1 is 0.609 bits per heavy atom. The Morgan fingerprint density at radius 3 is 2.00 bits per heavy atom. The summed E-state index contributed by atoms with van der Waals surface area (Å²) in [4.78, 5) is 15.3. The molecule has 0 N–H and O–H groups in total. The van der Waals surface area contributed by atoms with Crippen LogP contribution >= 0.6 is 0 Å². The second-order valence-electron chi connectivity index (χ2n) is 11.8. The van der Waals surface area contributed by atoms with Crippen LogP contribution in [0, 0.1) is 6.92 Å². The maximum absolute atomic E-state index is 5.22. The summed E-state index contributed by atoms with van der Waals surface area (Å²) in [5.74, 6) is 0.138. The van der Waals surface area contributed by atoms with Crippen molar-refractivity contribution in [1.82, 2.24) is 14.4 Å². The summed E-state index contributed by atoms with van der Waals surface area (Å²) >= 11 is 0. The molecule has 4 nitrogen and oxygen atoms in total. The van der Waals surface area contributed by atoms with Gasteiger partial charge in [-0.15, -0.1) is 0 Å². The second-order valence-corrected chi connectivity index (χ2v) is 11.8. The van der Waals surface area contributed by atoms with Crippen LogP contribution in [0.3, 0.4) is 0 Å². The highest BCUT2D eigenvalue weighted by atomic mass is 15.1. The second kappa shape index (κ2) is 11.6.